The fourth-order valence-electron chi connectivity index (χ4n) is 3.56. The van der Waals surface area contributed by atoms with E-state index in [2.05, 4.69) is 67.7 Å². The van der Waals surface area contributed by atoms with Gasteiger partial charge in [0.25, 0.3) is 6.04 Å². The Hall–Kier alpha value is -1.11. The van der Waals surface area contributed by atoms with Crippen LogP contribution < -0.4 is 0 Å². The predicted molar refractivity (Wildman–Crippen MR) is 136 cm³/mol. The summed E-state index contributed by atoms with van der Waals surface area (Å²) in [7, 11) is -4.52. The maximum atomic E-state index is 12.4. The van der Waals surface area contributed by atoms with Crippen LogP contribution >= 0.6 is 0 Å². The highest BCUT2D eigenvalue weighted by Gasteiger charge is 2.56. The quantitative estimate of drug-likeness (QED) is 0.302. The Morgan fingerprint density at radius 1 is 1.00 bits per heavy atom. The fraction of sp³-hybridized carbons (Fsp3) is 0.750. The largest absolute Gasteiger partial charge is 0.414 e. The van der Waals surface area contributed by atoms with E-state index in [4.69, 9.17) is 13.6 Å². The summed E-state index contributed by atoms with van der Waals surface area (Å²) in [6.45, 7) is 21.1. The third kappa shape index (κ3) is 6.32. The summed E-state index contributed by atoms with van der Waals surface area (Å²) in [5.74, 6) is -0.660. The van der Waals surface area contributed by atoms with Crippen molar-refractivity contribution in [2.45, 2.75) is 108 Å². The molecule has 1 N–H and O–H groups in total. The van der Waals surface area contributed by atoms with Gasteiger partial charge in [0.15, 0.2) is 29.0 Å². The third-order valence-corrected chi connectivity index (χ3v) is 16.8. The molecule has 1 aliphatic rings. The van der Waals surface area contributed by atoms with Crippen LogP contribution in [-0.4, -0.2) is 57.8 Å². The molecule has 5 atom stereocenters. The monoisotopic (exact) mass is 497 g/mol. The van der Waals surface area contributed by atoms with Crippen LogP contribution in [0.2, 0.25) is 36.3 Å². The molecule has 0 saturated carbocycles. The minimum atomic E-state index is -2.36. The molecule has 1 heterocycles. The number of hydrogen-bond acceptors (Lipinski definition) is 6. The number of nitrogens with zero attached hydrogens (tertiary/aromatic N) is 1. The normalized spacial score (nSPS) is 27.4. The number of benzene rings is 1. The van der Waals surface area contributed by atoms with Crippen LogP contribution in [0.25, 0.3) is 0 Å². The number of nitro groups is 1. The van der Waals surface area contributed by atoms with Crippen molar-refractivity contribution >= 4 is 16.6 Å². The minimum Gasteiger partial charge on any atom is -0.414 e. The number of aliphatic hydroxyl groups excluding tert-OH is 1. The molecule has 1 aliphatic heterocycles. The first-order valence-corrected chi connectivity index (χ1v) is 17.5. The van der Waals surface area contributed by atoms with E-state index in [0.717, 1.165) is 5.56 Å². The second-order valence-corrected chi connectivity index (χ2v) is 21.8. The topological polar surface area (TPSA) is 91.1 Å². The molecular weight excluding hydrogens is 454 g/mol. The van der Waals surface area contributed by atoms with Gasteiger partial charge >= 0.3 is 0 Å². The van der Waals surface area contributed by atoms with Crippen molar-refractivity contribution < 1.29 is 23.6 Å². The predicted octanol–water partition coefficient (Wildman–Crippen LogP) is 5.54. The fourth-order valence-corrected chi connectivity index (χ4v) is 5.87. The van der Waals surface area contributed by atoms with Crippen LogP contribution in [0.15, 0.2) is 30.3 Å². The van der Waals surface area contributed by atoms with Crippen LogP contribution in [0.5, 0.6) is 0 Å². The number of rotatable bonds is 7. The summed E-state index contributed by atoms with van der Waals surface area (Å²) >= 11 is 0. The van der Waals surface area contributed by atoms with Crippen LogP contribution in [0, 0.1) is 10.1 Å². The van der Waals surface area contributed by atoms with Crippen LogP contribution in [0.4, 0.5) is 0 Å². The summed E-state index contributed by atoms with van der Waals surface area (Å²) in [5.41, 5.74) is 0.766. The first kappa shape index (κ1) is 28.1. The maximum absolute atomic E-state index is 12.4. The summed E-state index contributed by atoms with van der Waals surface area (Å²) in [6.07, 6.45) is -3.00. The van der Waals surface area contributed by atoms with E-state index in [9.17, 15) is 15.2 Å². The minimum absolute atomic E-state index is 0.0444. The Morgan fingerprint density at radius 2 is 1.52 bits per heavy atom. The molecule has 0 aliphatic carbocycles. The highest BCUT2D eigenvalue weighted by atomic mass is 28.4. The van der Waals surface area contributed by atoms with Gasteiger partial charge in [-0.25, -0.2) is 0 Å². The summed E-state index contributed by atoms with van der Waals surface area (Å²) in [5, 5.41) is 23.4. The Kier molecular flexibility index (Phi) is 8.41. The standard InChI is InChI=1S/C24H43NO6Si2/c1-23(2,3)32(7,8)29-16-18-20(25(27)28)19(17-14-12-11-13-15-17)21(22(26)30-18)31-33(9,10)24(4,5)6/h11-15,18-22,26H,16H2,1-10H3/t18-,19+,20-,21+,22+/m1/s1. The highest BCUT2D eigenvalue weighted by molar-refractivity contribution is 6.74. The molecule has 0 bridgehead atoms. The van der Waals surface area contributed by atoms with Crippen molar-refractivity contribution in [3.63, 3.8) is 0 Å². The zero-order valence-electron chi connectivity index (χ0n) is 21.9. The Labute approximate surface area is 201 Å². The van der Waals surface area contributed by atoms with E-state index in [0.29, 0.717) is 0 Å². The molecule has 1 saturated heterocycles. The summed E-state index contributed by atoms with van der Waals surface area (Å²) in [6, 6.07) is 8.23. The molecule has 0 aromatic heterocycles. The van der Waals surface area contributed by atoms with Gasteiger partial charge in [0.05, 0.1) is 12.5 Å². The lowest BCUT2D eigenvalue weighted by atomic mass is 9.82. The first-order chi connectivity index (χ1) is 14.9. The van der Waals surface area contributed by atoms with Crippen molar-refractivity contribution in [2.75, 3.05) is 6.61 Å². The second-order valence-electron chi connectivity index (χ2n) is 12.2. The van der Waals surface area contributed by atoms with Gasteiger partial charge in [-0.15, -0.1) is 0 Å². The molecular formula is C24H43NO6Si2. The van der Waals surface area contributed by atoms with E-state index in [-0.39, 0.29) is 21.6 Å². The zero-order chi connectivity index (χ0) is 25.4. The highest BCUT2D eigenvalue weighted by Crippen LogP contribution is 2.44. The van der Waals surface area contributed by atoms with Crippen LogP contribution in [0.1, 0.15) is 53.0 Å². The Balaban J connectivity index is 2.47. The average molecular weight is 498 g/mol. The van der Waals surface area contributed by atoms with Gasteiger partial charge in [-0.2, -0.15) is 0 Å². The smallest absolute Gasteiger partial charge is 0.250 e. The van der Waals surface area contributed by atoms with Crippen molar-refractivity contribution in [3.8, 4) is 0 Å². The maximum Gasteiger partial charge on any atom is 0.250 e. The molecule has 9 heteroatoms. The van der Waals surface area contributed by atoms with E-state index in [1.165, 1.54) is 0 Å². The van der Waals surface area contributed by atoms with E-state index < -0.39 is 47.1 Å². The molecule has 7 nitrogen and oxygen atoms in total. The van der Waals surface area contributed by atoms with Gasteiger partial charge in [-0.1, -0.05) is 71.9 Å². The molecule has 0 unspecified atom stereocenters. The molecule has 2 rings (SSSR count). The molecule has 0 spiro atoms. The van der Waals surface area contributed by atoms with Crippen molar-refractivity contribution in [3.05, 3.63) is 46.0 Å². The van der Waals surface area contributed by atoms with Gasteiger partial charge in [-0.05, 0) is 41.8 Å². The second kappa shape index (κ2) is 9.87. The Morgan fingerprint density at radius 3 is 1.97 bits per heavy atom. The number of hydrogen-bond donors (Lipinski definition) is 1. The first-order valence-electron chi connectivity index (χ1n) is 11.7. The third-order valence-electron chi connectivity index (χ3n) is 7.78. The average Bonchev–Trinajstić information content (AvgIpc) is 2.66. The van der Waals surface area contributed by atoms with Crippen molar-refractivity contribution in [2.24, 2.45) is 0 Å². The lowest BCUT2D eigenvalue weighted by Crippen LogP contribution is -2.61. The molecule has 1 aromatic carbocycles. The van der Waals surface area contributed by atoms with Crippen LogP contribution in [0.3, 0.4) is 0 Å². The summed E-state index contributed by atoms with van der Waals surface area (Å²) in [4.78, 5) is 12.2. The van der Waals surface area contributed by atoms with Gasteiger partial charge in [0.1, 0.15) is 6.10 Å². The van der Waals surface area contributed by atoms with Crippen molar-refractivity contribution in [1.29, 1.82) is 0 Å². The lowest BCUT2D eigenvalue weighted by Gasteiger charge is -2.47. The van der Waals surface area contributed by atoms with E-state index in [1.54, 1.807) is 0 Å². The zero-order valence-corrected chi connectivity index (χ0v) is 23.9. The van der Waals surface area contributed by atoms with Gasteiger partial charge < -0.3 is 18.7 Å². The molecule has 1 fully saturated rings. The lowest BCUT2D eigenvalue weighted by molar-refractivity contribution is -0.554. The Bertz CT molecular complexity index is 803. The van der Waals surface area contributed by atoms with Gasteiger partial charge in [0, 0.05) is 4.92 Å². The molecule has 1 aromatic rings. The molecule has 33 heavy (non-hydrogen) atoms. The van der Waals surface area contributed by atoms with Gasteiger partial charge in [0.2, 0.25) is 0 Å². The van der Waals surface area contributed by atoms with Gasteiger partial charge in [-0.3, -0.25) is 10.1 Å². The molecule has 0 radical (unpaired) electrons. The molecule has 0 amide bonds. The number of ether oxygens (including phenoxy) is 1. The van der Waals surface area contributed by atoms with Crippen molar-refractivity contribution in [1.82, 2.24) is 0 Å². The molecule has 188 valence electrons. The van der Waals surface area contributed by atoms with E-state index in [1.807, 2.05) is 30.3 Å². The van der Waals surface area contributed by atoms with E-state index >= 15 is 0 Å². The summed E-state index contributed by atoms with van der Waals surface area (Å²) < 4.78 is 18.8. The SMILES string of the molecule is CC(C)(C)[Si](C)(C)OC[C@H]1O[C@H](O)[C@@H](O[Si](C)(C)C(C)(C)C)[C@@H](c2ccccc2)[C@@H]1[N+](=O)[O-]. The van der Waals surface area contributed by atoms with Crippen LogP contribution in [-0.2, 0) is 13.6 Å². The number of aliphatic hydroxyl groups is 1.